The van der Waals surface area contributed by atoms with Gasteiger partial charge in [-0.25, -0.2) is 23.8 Å². The van der Waals surface area contributed by atoms with Crippen molar-refractivity contribution >= 4 is 0 Å². The Bertz CT molecular complexity index is 233. The zero-order valence-corrected chi connectivity index (χ0v) is 12.7. The molecule has 0 aliphatic heterocycles. The molecule has 3 heteroatoms. The maximum Gasteiger partial charge on any atom is 4.00 e. The summed E-state index contributed by atoms with van der Waals surface area (Å²) in [5.74, 6) is 0. The Labute approximate surface area is 124 Å². The van der Waals surface area contributed by atoms with Crippen LogP contribution in [0.4, 0.5) is 0 Å². The van der Waals surface area contributed by atoms with E-state index in [1.54, 1.807) is 0 Å². The van der Waals surface area contributed by atoms with E-state index >= 15 is 0 Å². The molecule has 0 radical (unpaired) electrons. The van der Waals surface area contributed by atoms with Gasteiger partial charge in [0.2, 0.25) is 0 Å². The summed E-state index contributed by atoms with van der Waals surface area (Å²) in [6.45, 7) is 2.15. The molecule has 1 aromatic carbocycles. The van der Waals surface area contributed by atoms with Gasteiger partial charge in [-0.15, -0.1) is 6.42 Å². The van der Waals surface area contributed by atoms with Crippen LogP contribution in [0, 0.1) is 6.08 Å². The molecule has 15 heavy (non-hydrogen) atoms. The van der Waals surface area contributed by atoms with Crippen LogP contribution in [0.25, 0.3) is 0 Å². The van der Waals surface area contributed by atoms with Crippen molar-refractivity contribution in [2.24, 2.45) is 0 Å². The van der Waals surface area contributed by atoms with Gasteiger partial charge < -0.3 is 24.8 Å². The van der Waals surface area contributed by atoms with Crippen molar-refractivity contribution in [3.63, 3.8) is 0 Å². The Hall–Kier alpha value is 0.293. The van der Waals surface area contributed by atoms with E-state index in [1.807, 2.05) is 30.3 Å². The van der Waals surface area contributed by atoms with Crippen LogP contribution in [0.1, 0.15) is 19.8 Å². The first-order chi connectivity index (χ1) is 5.93. The normalized spacial score (nSPS) is 10.9. The predicted molar refractivity (Wildman–Crippen MR) is 52.8 cm³/mol. The summed E-state index contributed by atoms with van der Waals surface area (Å²) in [7, 11) is 0. The van der Waals surface area contributed by atoms with Crippen LogP contribution in [0.15, 0.2) is 48.1 Å². The average molecular weight is 320 g/mol. The van der Waals surface area contributed by atoms with Crippen LogP contribution in [0.2, 0.25) is 0 Å². The number of hydrogen-bond acceptors (Lipinski definition) is 0. The number of halogens is 2. The van der Waals surface area contributed by atoms with Gasteiger partial charge in [-0.1, -0.05) is 13.3 Å². The van der Waals surface area contributed by atoms with E-state index in [1.165, 1.54) is 5.57 Å². The molecule has 0 nitrogen and oxygen atoms in total. The minimum Gasteiger partial charge on any atom is -1.00 e. The molecule has 0 bridgehead atoms. The fraction of sp³-hybridized carbons (Fsp3) is 0.250. The zero-order valence-electron chi connectivity index (χ0n) is 8.71. The Balaban J connectivity index is -0.000000165. The number of hydrogen-bond donors (Lipinski definition) is 0. The van der Waals surface area contributed by atoms with E-state index < -0.39 is 0 Å². The Morgan fingerprint density at radius 2 is 1.87 bits per heavy atom. The van der Waals surface area contributed by atoms with Crippen molar-refractivity contribution in [2.75, 3.05) is 0 Å². The third kappa shape index (κ3) is 10.6. The quantitative estimate of drug-likeness (QED) is 0.502. The fourth-order valence-electron chi connectivity index (χ4n) is 1.01. The van der Waals surface area contributed by atoms with Crippen LogP contribution in [-0.2, 0) is 26.2 Å². The summed E-state index contributed by atoms with van der Waals surface area (Å²) in [6, 6.07) is 10.0. The summed E-state index contributed by atoms with van der Waals surface area (Å²) in [5.41, 5.74) is 1.36. The fourth-order valence-corrected chi connectivity index (χ4v) is 1.01. The molecular weight excluding hydrogens is 306 g/mol. The van der Waals surface area contributed by atoms with Gasteiger partial charge in [-0.2, -0.15) is 24.3 Å². The molecule has 0 N–H and O–H groups in total. The molecule has 0 aromatic heterocycles. The minimum atomic E-state index is 0. The topological polar surface area (TPSA) is 0 Å². The molecule has 2 rings (SSSR count). The summed E-state index contributed by atoms with van der Waals surface area (Å²) < 4.78 is 0. The standard InChI is InChI=1S/C7H9.C5H5.2ClH.Zr/c1-2-7-5-3-4-6-7;1-2-4-5-3-1;;;/h3,5H,2,4H2,1H3;1-5H;2*1H;/q2*-1;;;+4/p-2. The van der Waals surface area contributed by atoms with Crippen LogP contribution < -0.4 is 24.8 Å². The third-order valence-electron chi connectivity index (χ3n) is 1.70. The second kappa shape index (κ2) is 14.3. The second-order valence-electron chi connectivity index (χ2n) is 2.62. The first kappa shape index (κ1) is 20.7. The molecule has 0 heterocycles. The first-order valence-electron chi connectivity index (χ1n) is 4.36. The molecule has 0 spiro atoms. The molecular formula is C12H14Cl2Zr. The van der Waals surface area contributed by atoms with E-state index in [9.17, 15) is 0 Å². The van der Waals surface area contributed by atoms with Gasteiger partial charge in [0, 0.05) is 0 Å². The van der Waals surface area contributed by atoms with Gasteiger partial charge in [0.05, 0.1) is 0 Å². The van der Waals surface area contributed by atoms with Gasteiger partial charge in [0.25, 0.3) is 0 Å². The average Bonchev–Trinajstić information content (AvgIpc) is 2.81. The molecule has 0 unspecified atom stereocenters. The molecule has 0 saturated carbocycles. The van der Waals surface area contributed by atoms with Crippen molar-refractivity contribution in [3.8, 4) is 0 Å². The first-order valence-corrected chi connectivity index (χ1v) is 4.36. The smallest absolute Gasteiger partial charge is 1.00 e. The van der Waals surface area contributed by atoms with E-state index in [0.717, 1.165) is 12.8 Å². The molecule has 0 saturated heterocycles. The van der Waals surface area contributed by atoms with Gasteiger partial charge in [-0.3, -0.25) is 6.08 Å². The van der Waals surface area contributed by atoms with Gasteiger partial charge in [0.1, 0.15) is 0 Å². The van der Waals surface area contributed by atoms with E-state index in [-0.39, 0.29) is 51.0 Å². The Kier molecular flexibility index (Phi) is 19.7. The molecule has 1 aliphatic carbocycles. The molecule has 80 valence electrons. The zero-order chi connectivity index (χ0) is 8.65. The summed E-state index contributed by atoms with van der Waals surface area (Å²) in [4.78, 5) is 0. The van der Waals surface area contributed by atoms with E-state index in [0.29, 0.717) is 0 Å². The van der Waals surface area contributed by atoms with E-state index in [4.69, 9.17) is 0 Å². The third-order valence-corrected chi connectivity index (χ3v) is 1.70. The summed E-state index contributed by atoms with van der Waals surface area (Å²) >= 11 is 0. The van der Waals surface area contributed by atoms with Crippen molar-refractivity contribution < 1.29 is 51.0 Å². The minimum absolute atomic E-state index is 0. The van der Waals surface area contributed by atoms with Gasteiger partial charge in [0.15, 0.2) is 0 Å². The van der Waals surface area contributed by atoms with Crippen LogP contribution >= 0.6 is 0 Å². The maximum absolute atomic E-state index is 3.21. The van der Waals surface area contributed by atoms with Crippen molar-refractivity contribution in [1.82, 2.24) is 0 Å². The Morgan fingerprint density at radius 3 is 2.07 bits per heavy atom. The van der Waals surface area contributed by atoms with Crippen LogP contribution in [-0.4, -0.2) is 0 Å². The van der Waals surface area contributed by atoms with Gasteiger partial charge in [-0.05, 0) is 0 Å². The van der Waals surface area contributed by atoms with Crippen molar-refractivity contribution in [1.29, 1.82) is 0 Å². The molecule has 0 amide bonds. The van der Waals surface area contributed by atoms with Crippen LogP contribution in [0.5, 0.6) is 0 Å². The summed E-state index contributed by atoms with van der Waals surface area (Å²) in [5, 5.41) is 0. The molecule has 0 atom stereocenters. The second-order valence-corrected chi connectivity index (χ2v) is 2.62. The number of allylic oxidation sites excluding steroid dienone is 4. The Morgan fingerprint density at radius 1 is 1.27 bits per heavy atom. The van der Waals surface area contributed by atoms with Crippen molar-refractivity contribution in [2.45, 2.75) is 19.8 Å². The molecule has 1 aliphatic rings. The number of rotatable bonds is 1. The van der Waals surface area contributed by atoms with Crippen molar-refractivity contribution in [3.05, 3.63) is 54.1 Å². The monoisotopic (exact) mass is 318 g/mol. The maximum atomic E-state index is 3.21. The van der Waals surface area contributed by atoms with Gasteiger partial charge >= 0.3 is 26.2 Å². The predicted octanol–water partition coefficient (Wildman–Crippen LogP) is -2.50. The van der Waals surface area contributed by atoms with E-state index in [2.05, 4.69) is 25.2 Å². The van der Waals surface area contributed by atoms with Crippen LogP contribution in [0.3, 0.4) is 0 Å². The molecule has 0 fully saturated rings. The largest absolute Gasteiger partial charge is 4.00 e. The molecule has 1 aromatic rings. The SMILES string of the molecule is CCC1=[C-]CC=C1.[Cl-].[Cl-].[Zr+4].c1cc[cH-]c1. The summed E-state index contributed by atoms with van der Waals surface area (Å²) in [6.07, 6.45) is 9.65.